The number of carbonyl (C=O) groups is 2. The van der Waals surface area contributed by atoms with Crippen LogP contribution in [0.4, 0.5) is 0 Å². The molecule has 126 valence electrons. The van der Waals surface area contributed by atoms with E-state index < -0.39 is 5.54 Å². The molecule has 1 saturated heterocycles. The van der Waals surface area contributed by atoms with Crippen LogP contribution < -0.4 is 5.32 Å². The summed E-state index contributed by atoms with van der Waals surface area (Å²) in [7, 11) is 3.18. The molecule has 1 aromatic rings. The van der Waals surface area contributed by atoms with Crippen molar-refractivity contribution in [2.45, 2.75) is 38.1 Å². The molecule has 0 aromatic carbocycles. The second kappa shape index (κ2) is 7.50. The third-order valence-corrected chi connectivity index (χ3v) is 4.33. The van der Waals surface area contributed by atoms with Crippen molar-refractivity contribution < 1.29 is 14.3 Å². The highest BCUT2D eigenvalue weighted by molar-refractivity contribution is 5.92. The highest BCUT2D eigenvalue weighted by Gasteiger charge is 2.46. The molecule has 0 bridgehead atoms. The number of ether oxygens (including phenoxy) is 1. The molecule has 1 N–H and O–H groups in total. The fraction of sp³-hybridized carbons (Fsp3) is 0.625. The van der Waals surface area contributed by atoms with Crippen LogP contribution >= 0.6 is 0 Å². The number of rotatable bonds is 6. The van der Waals surface area contributed by atoms with Crippen molar-refractivity contribution in [2.24, 2.45) is 0 Å². The first-order valence-electron chi connectivity index (χ1n) is 7.88. The van der Waals surface area contributed by atoms with Gasteiger partial charge in [-0.25, -0.2) is 9.97 Å². The Morgan fingerprint density at radius 1 is 1.39 bits per heavy atom. The predicted molar refractivity (Wildman–Crippen MR) is 85.0 cm³/mol. The Kier molecular flexibility index (Phi) is 5.65. The molecule has 1 atom stereocenters. The summed E-state index contributed by atoms with van der Waals surface area (Å²) in [6.45, 7) is 2.91. The fourth-order valence-corrected chi connectivity index (χ4v) is 3.06. The highest BCUT2D eigenvalue weighted by Crippen LogP contribution is 2.33. The number of nitrogens with one attached hydrogen (secondary N) is 1. The van der Waals surface area contributed by atoms with Crippen molar-refractivity contribution in [3.63, 3.8) is 0 Å². The molecule has 1 aliphatic heterocycles. The lowest BCUT2D eigenvalue weighted by molar-refractivity contribution is -0.123. The van der Waals surface area contributed by atoms with Crippen LogP contribution in [0.3, 0.4) is 0 Å². The van der Waals surface area contributed by atoms with Gasteiger partial charge in [-0.05, 0) is 24.8 Å². The summed E-state index contributed by atoms with van der Waals surface area (Å²) in [6.07, 6.45) is 5.95. The number of carbonyl (C=O) groups excluding carboxylic acids is 2. The Bertz CT molecular complexity index is 561. The maximum absolute atomic E-state index is 12.8. The van der Waals surface area contributed by atoms with E-state index in [0.717, 1.165) is 24.8 Å². The molecular formula is C16H24N4O3. The van der Waals surface area contributed by atoms with E-state index in [1.54, 1.807) is 31.5 Å². The zero-order valence-electron chi connectivity index (χ0n) is 14.0. The average Bonchev–Trinajstić information content (AvgIpc) is 2.97. The number of likely N-dealkylation sites (tertiary alicyclic amines) is 1. The highest BCUT2D eigenvalue weighted by atomic mass is 16.5. The van der Waals surface area contributed by atoms with Crippen LogP contribution in [-0.4, -0.2) is 59.5 Å². The van der Waals surface area contributed by atoms with Gasteiger partial charge in [0.1, 0.15) is 0 Å². The van der Waals surface area contributed by atoms with Crippen molar-refractivity contribution in [3.05, 3.63) is 23.8 Å². The van der Waals surface area contributed by atoms with Crippen LogP contribution in [0.1, 0.15) is 42.4 Å². The van der Waals surface area contributed by atoms with Gasteiger partial charge in [-0.2, -0.15) is 0 Å². The Morgan fingerprint density at radius 3 is 2.65 bits per heavy atom. The van der Waals surface area contributed by atoms with E-state index in [4.69, 9.17) is 4.74 Å². The van der Waals surface area contributed by atoms with E-state index in [1.807, 2.05) is 6.92 Å². The second-order valence-corrected chi connectivity index (χ2v) is 5.84. The fourth-order valence-electron chi connectivity index (χ4n) is 3.06. The van der Waals surface area contributed by atoms with Crippen LogP contribution in [0, 0.1) is 0 Å². The number of nitrogens with zero attached hydrogens (tertiary/aromatic N) is 3. The molecule has 0 aliphatic carbocycles. The first-order chi connectivity index (χ1) is 11.1. The van der Waals surface area contributed by atoms with Gasteiger partial charge < -0.3 is 15.0 Å². The van der Waals surface area contributed by atoms with Gasteiger partial charge >= 0.3 is 0 Å². The van der Waals surface area contributed by atoms with Crippen molar-refractivity contribution in [2.75, 3.05) is 27.3 Å². The summed E-state index contributed by atoms with van der Waals surface area (Å²) in [4.78, 5) is 34.8. The van der Waals surface area contributed by atoms with Gasteiger partial charge in [0.2, 0.25) is 11.7 Å². The quantitative estimate of drug-likeness (QED) is 0.838. The summed E-state index contributed by atoms with van der Waals surface area (Å²) < 4.78 is 5.31. The Morgan fingerprint density at radius 2 is 2.09 bits per heavy atom. The van der Waals surface area contributed by atoms with Gasteiger partial charge in [0.25, 0.3) is 5.91 Å². The van der Waals surface area contributed by atoms with Crippen molar-refractivity contribution >= 4 is 11.8 Å². The number of amides is 2. The minimum Gasteiger partial charge on any atom is -0.382 e. The molecule has 2 heterocycles. The van der Waals surface area contributed by atoms with Gasteiger partial charge in [0.15, 0.2) is 0 Å². The number of hydrogen-bond donors (Lipinski definition) is 1. The van der Waals surface area contributed by atoms with Gasteiger partial charge in [0, 0.05) is 33.1 Å². The molecule has 7 heteroatoms. The van der Waals surface area contributed by atoms with Crippen molar-refractivity contribution in [1.82, 2.24) is 20.2 Å². The predicted octanol–water partition coefficient (Wildman–Crippen LogP) is 0.796. The maximum atomic E-state index is 12.8. The van der Waals surface area contributed by atoms with Crippen LogP contribution in [-0.2, 0) is 16.0 Å². The molecule has 2 rings (SSSR count). The van der Waals surface area contributed by atoms with Crippen LogP contribution in [0.5, 0.6) is 0 Å². The van der Waals surface area contributed by atoms with Gasteiger partial charge in [-0.15, -0.1) is 0 Å². The average molecular weight is 320 g/mol. The molecular weight excluding hydrogens is 296 g/mol. The molecule has 2 amide bonds. The number of aromatic nitrogens is 2. The van der Waals surface area contributed by atoms with Gasteiger partial charge in [-0.1, -0.05) is 6.92 Å². The molecule has 1 fully saturated rings. The summed E-state index contributed by atoms with van der Waals surface area (Å²) in [5.74, 6) is -0.184. The Balaban J connectivity index is 2.26. The first-order valence-corrected chi connectivity index (χ1v) is 7.88. The number of methoxy groups -OCH3 is 1. The monoisotopic (exact) mass is 320 g/mol. The standard InChI is InChI=1S/C16H24N4O3/c1-4-12-9-18-14(19-10-12)15(22)20-7-5-6-16(20,11-23-3)8-13(21)17-2/h9-10H,4-8,11H2,1-3H3,(H,17,21). The van der Waals surface area contributed by atoms with Crippen LogP contribution in [0.15, 0.2) is 12.4 Å². The summed E-state index contributed by atoms with van der Waals surface area (Å²) in [5.41, 5.74) is 0.357. The lowest BCUT2D eigenvalue weighted by Crippen LogP contribution is -2.53. The van der Waals surface area contributed by atoms with E-state index in [1.165, 1.54) is 0 Å². The SMILES string of the molecule is CCc1cnc(C(=O)N2CCCC2(COC)CC(=O)NC)nc1. The Labute approximate surface area is 136 Å². The molecule has 0 radical (unpaired) electrons. The molecule has 7 nitrogen and oxygen atoms in total. The molecule has 0 saturated carbocycles. The molecule has 23 heavy (non-hydrogen) atoms. The number of aryl methyl sites for hydroxylation is 1. The van der Waals surface area contributed by atoms with Crippen LogP contribution in [0.25, 0.3) is 0 Å². The van der Waals surface area contributed by atoms with E-state index in [9.17, 15) is 9.59 Å². The molecule has 1 aliphatic rings. The lowest BCUT2D eigenvalue weighted by atomic mass is 9.92. The third kappa shape index (κ3) is 3.67. The van der Waals surface area contributed by atoms with Gasteiger partial charge in [-0.3, -0.25) is 9.59 Å². The molecule has 0 spiro atoms. The summed E-state index contributed by atoms with van der Waals surface area (Å²) in [5, 5.41) is 2.63. The van der Waals surface area contributed by atoms with E-state index >= 15 is 0 Å². The summed E-state index contributed by atoms with van der Waals surface area (Å²) >= 11 is 0. The minimum absolute atomic E-state index is 0.107. The van der Waals surface area contributed by atoms with E-state index in [2.05, 4.69) is 15.3 Å². The summed E-state index contributed by atoms with van der Waals surface area (Å²) in [6, 6.07) is 0. The number of hydrogen-bond acceptors (Lipinski definition) is 5. The maximum Gasteiger partial charge on any atom is 0.292 e. The van der Waals surface area contributed by atoms with Crippen molar-refractivity contribution in [3.8, 4) is 0 Å². The smallest absolute Gasteiger partial charge is 0.292 e. The second-order valence-electron chi connectivity index (χ2n) is 5.84. The lowest BCUT2D eigenvalue weighted by Gasteiger charge is -2.37. The third-order valence-electron chi connectivity index (χ3n) is 4.33. The zero-order chi connectivity index (χ0) is 16.9. The Hall–Kier alpha value is -2.02. The van der Waals surface area contributed by atoms with Crippen LogP contribution in [0.2, 0.25) is 0 Å². The first kappa shape index (κ1) is 17.3. The normalized spacial score (nSPS) is 20.6. The zero-order valence-corrected chi connectivity index (χ0v) is 14.0. The van der Waals surface area contributed by atoms with E-state index in [0.29, 0.717) is 13.2 Å². The van der Waals surface area contributed by atoms with E-state index in [-0.39, 0.29) is 24.1 Å². The van der Waals surface area contributed by atoms with Crippen molar-refractivity contribution in [1.29, 1.82) is 0 Å². The topological polar surface area (TPSA) is 84.4 Å². The van der Waals surface area contributed by atoms with Gasteiger partial charge in [0.05, 0.1) is 18.6 Å². The molecule has 1 unspecified atom stereocenters. The molecule has 1 aromatic heterocycles. The minimum atomic E-state index is -0.626. The largest absolute Gasteiger partial charge is 0.382 e.